The van der Waals surface area contributed by atoms with Crippen molar-refractivity contribution in [3.8, 4) is 0 Å². The van der Waals surface area contributed by atoms with E-state index in [1.807, 2.05) is 0 Å². The maximum atomic E-state index is 10.2. The van der Waals surface area contributed by atoms with Crippen molar-refractivity contribution in [3.63, 3.8) is 0 Å². The van der Waals surface area contributed by atoms with E-state index >= 15 is 0 Å². The van der Waals surface area contributed by atoms with E-state index in [0.717, 1.165) is 18.9 Å². The molecule has 0 bridgehead atoms. The highest BCUT2D eigenvalue weighted by molar-refractivity contribution is 6.74. The third kappa shape index (κ3) is 2.34. The van der Waals surface area contributed by atoms with Crippen LogP contribution in [0.2, 0.25) is 18.1 Å². The zero-order valence-electron chi connectivity index (χ0n) is 12.0. The Morgan fingerprint density at radius 1 is 1.29 bits per heavy atom. The number of hydrogen-bond donors (Lipinski definition) is 1. The Kier molecular flexibility index (Phi) is 3.25. The zero-order valence-corrected chi connectivity index (χ0v) is 13.0. The molecule has 2 saturated carbocycles. The number of hydrogen-bond acceptors (Lipinski definition) is 2. The lowest BCUT2D eigenvalue weighted by Gasteiger charge is -2.39. The lowest BCUT2D eigenvalue weighted by molar-refractivity contribution is 0.0211. The standard InChI is InChI=1S/C14H28O2Si/c1-13(2,3)17(4,5)16-10-14-9-11(14)7-6-8-12(14)15/h11-12,15H,6-10H2,1-5H3/t11-,12-,14-/m1/s1. The maximum absolute atomic E-state index is 10.2. The second-order valence-electron chi connectivity index (χ2n) is 7.63. The van der Waals surface area contributed by atoms with E-state index in [0.29, 0.717) is 0 Å². The minimum absolute atomic E-state index is 0.106. The number of aliphatic hydroxyl groups is 1. The van der Waals surface area contributed by atoms with Gasteiger partial charge in [-0.05, 0) is 43.3 Å². The molecule has 0 spiro atoms. The van der Waals surface area contributed by atoms with Gasteiger partial charge >= 0.3 is 0 Å². The molecule has 17 heavy (non-hydrogen) atoms. The van der Waals surface area contributed by atoms with Crippen molar-refractivity contribution in [1.29, 1.82) is 0 Å². The molecule has 0 radical (unpaired) electrons. The zero-order chi connectivity index (χ0) is 12.9. The number of aliphatic hydroxyl groups excluding tert-OH is 1. The summed E-state index contributed by atoms with van der Waals surface area (Å²) in [6.45, 7) is 12.2. The second kappa shape index (κ2) is 4.07. The molecule has 0 unspecified atom stereocenters. The lowest BCUT2D eigenvalue weighted by atomic mass is 9.86. The molecule has 2 nitrogen and oxygen atoms in total. The van der Waals surface area contributed by atoms with Gasteiger partial charge < -0.3 is 9.53 Å². The third-order valence-corrected chi connectivity index (χ3v) is 9.96. The molecule has 0 aromatic rings. The van der Waals surface area contributed by atoms with Crippen LogP contribution in [0.4, 0.5) is 0 Å². The summed E-state index contributed by atoms with van der Waals surface area (Å²) in [6, 6.07) is 0. The summed E-state index contributed by atoms with van der Waals surface area (Å²) in [7, 11) is -1.65. The first-order valence-corrected chi connectivity index (χ1v) is 9.92. The second-order valence-corrected chi connectivity index (χ2v) is 12.4. The topological polar surface area (TPSA) is 29.5 Å². The van der Waals surface area contributed by atoms with Crippen LogP contribution in [0.1, 0.15) is 46.5 Å². The van der Waals surface area contributed by atoms with Crippen molar-refractivity contribution in [2.75, 3.05) is 6.61 Å². The van der Waals surface area contributed by atoms with E-state index in [4.69, 9.17) is 4.43 Å². The van der Waals surface area contributed by atoms with E-state index in [9.17, 15) is 5.11 Å². The van der Waals surface area contributed by atoms with Crippen molar-refractivity contribution in [1.82, 2.24) is 0 Å². The fraction of sp³-hybridized carbons (Fsp3) is 1.00. The third-order valence-electron chi connectivity index (χ3n) is 5.48. The summed E-state index contributed by atoms with van der Waals surface area (Å²) in [5.74, 6) is 0.746. The smallest absolute Gasteiger partial charge is 0.192 e. The van der Waals surface area contributed by atoms with E-state index in [-0.39, 0.29) is 16.6 Å². The Morgan fingerprint density at radius 3 is 2.47 bits per heavy atom. The SMILES string of the molecule is CC(C)(C)[Si](C)(C)OC[C@]12C[C@H]1CCC[C@H]2O. The highest BCUT2D eigenvalue weighted by Crippen LogP contribution is 2.61. The van der Waals surface area contributed by atoms with Gasteiger partial charge in [-0.25, -0.2) is 0 Å². The van der Waals surface area contributed by atoms with Crippen LogP contribution in [-0.2, 0) is 4.43 Å². The predicted molar refractivity (Wildman–Crippen MR) is 73.5 cm³/mol. The number of fused-ring (bicyclic) bond motifs is 1. The Bertz CT molecular complexity index is 295. The molecule has 0 heterocycles. The average molecular weight is 256 g/mol. The summed E-state index contributed by atoms with van der Waals surface area (Å²) in [4.78, 5) is 0. The summed E-state index contributed by atoms with van der Waals surface area (Å²) >= 11 is 0. The molecule has 3 atom stereocenters. The van der Waals surface area contributed by atoms with Crippen LogP contribution in [-0.4, -0.2) is 26.1 Å². The highest BCUT2D eigenvalue weighted by Gasteiger charge is 2.60. The molecule has 0 aliphatic heterocycles. The van der Waals surface area contributed by atoms with Crippen LogP contribution in [0, 0.1) is 11.3 Å². The summed E-state index contributed by atoms with van der Waals surface area (Å²) < 4.78 is 6.33. The van der Waals surface area contributed by atoms with Crippen LogP contribution < -0.4 is 0 Å². The minimum atomic E-state index is -1.65. The largest absolute Gasteiger partial charge is 0.416 e. The van der Waals surface area contributed by atoms with Gasteiger partial charge in [0.05, 0.1) is 6.10 Å². The van der Waals surface area contributed by atoms with Gasteiger partial charge in [0.2, 0.25) is 0 Å². The molecule has 0 saturated heterocycles. The monoisotopic (exact) mass is 256 g/mol. The van der Waals surface area contributed by atoms with Gasteiger partial charge in [0.1, 0.15) is 0 Å². The minimum Gasteiger partial charge on any atom is -0.416 e. The van der Waals surface area contributed by atoms with Gasteiger partial charge in [-0.3, -0.25) is 0 Å². The van der Waals surface area contributed by atoms with Crippen molar-refractivity contribution in [2.45, 2.75) is 70.7 Å². The molecule has 0 aromatic carbocycles. The molecule has 3 heteroatoms. The summed E-state index contributed by atoms with van der Waals surface area (Å²) in [5, 5.41) is 10.5. The van der Waals surface area contributed by atoms with E-state index in [1.54, 1.807) is 0 Å². The van der Waals surface area contributed by atoms with Crippen LogP contribution >= 0.6 is 0 Å². The van der Waals surface area contributed by atoms with Crippen LogP contribution in [0.5, 0.6) is 0 Å². The number of rotatable bonds is 3. The van der Waals surface area contributed by atoms with Gasteiger partial charge in [-0.15, -0.1) is 0 Å². The van der Waals surface area contributed by atoms with E-state index in [1.165, 1.54) is 19.3 Å². The predicted octanol–water partition coefficient (Wildman–Crippen LogP) is 3.56. The fourth-order valence-corrected chi connectivity index (χ4v) is 3.91. The Morgan fingerprint density at radius 2 is 1.94 bits per heavy atom. The molecule has 2 rings (SSSR count). The van der Waals surface area contributed by atoms with Gasteiger partial charge in [-0.1, -0.05) is 27.2 Å². The molecule has 0 amide bonds. The first kappa shape index (κ1) is 13.6. The molecule has 0 aromatic heterocycles. The van der Waals surface area contributed by atoms with Gasteiger partial charge in [-0.2, -0.15) is 0 Å². The first-order valence-electron chi connectivity index (χ1n) is 7.01. The molecular weight excluding hydrogens is 228 g/mol. The molecule has 2 aliphatic carbocycles. The van der Waals surface area contributed by atoms with E-state index < -0.39 is 8.32 Å². The van der Waals surface area contributed by atoms with Gasteiger partial charge in [0, 0.05) is 12.0 Å². The quantitative estimate of drug-likeness (QED) is 0.782. The highest BCUT2D eigenvalue weighted by atomic mass is 28.4. The van der Waals surface area contributed by atoms with Crippen LogP contribution in [0.3, 0.4) is 0 Å². The maximum Gasteiger partial charge on any atom is 0.192 e. The Hall–Kier alpha value is 0.137. The van der Waals surface area contributed by atoms with E-state index in [2.05, 4.69) is 33.9 Å². The Balaban J connectivity index is 1.95. The van der Waals surface area contributed by atoms with Gasteiger partial charge in [0.25, 0.3) is 0 Å². The molecule has 2 aliphatic rings. The molecular formula is C14H28O2Si. The van der Waals surface area contributed by atoms with Crippen molar-refractivity contribution < 1.29 is 9.53 Å². The normalized spacial score (nSPS) is 37.8. The molecule has 100 valence electrons. The lowest BCUT2D eigenvalue weighted by Crippen LogP contribution is -2.44. The van der Waals surface area contributed by atoms with Gasteiger partial charge in [0.15, 0.2) is 8.32 Å². The fourth-order valence-electron chi connectivity index (χ4n) is 2.85. The van der Waals surface area contributed by atoms with Crippen LogP contribution in [0.25, 0.3) is 0 Å². The van der Waals surface area contributed by atoms with Crippen LogP contribution in [0.15, 0.2) is 0 Å². The Labute approximate surface area is 107 Å². The summed E-state index contributed by atoms with van der Waals surface area (Å²) in [6.07, 6.45) is 4.58. The van der Waals surface area contributed by atoms with Crippen molar-refractivity contribution in [3.05, 3.63) is 0 Å². The first-order chi connectivity index (χ1) is 7.69. The molecule has 1 N–H and O–H groups in total. The molecule has 2 fully saturated rings. The van der Waals surface area contributed by atoms with Crippen molar-refractivity contribution >= 4 is 8.32 Å². The summed E-state index contributed by atoms with van der Waals surface area (Å²) in [5.41, 5.74) is 0.147. The van der Waals surface area contributed by atoms with Crippen molar-refractivity contribution in [2.24, 2.45) is 11.3 Å². The average Bonchev–Trinajstić information content (AvgIpc) is 2.90.